The molecule has 1 amide bonds. The van der Waals surface area contributed by atoms with Crippen LogP contribution in [0.4, 0.5) is 19.3 Å². The van der Waals surface area contributed by atoms with Gasteiger partial charge in [-0.05, 0) is 56.4 Å². The van der Waals surface area contributed by atoms with Crippen molar-refractivity contribution in [1.29, 1.82) is 0 Å². The lowest BCUT2D eigenvalue weighted by atomic mass is 9.83. The van der Waals surface area contributed by atoms with Gasteiger partial charge in [0.1, 0.15) is 18.0 Å². The Morgan fingerprint density at radius 1 is 1.05 bits per heavy atom. The molecule has 4 aromatic rings. The number of carbonyl (C=O) groups is 1. The number of hydrogen-bond acceptors (Lipinski definition) is 4. The van der Waals surface area contributed by atoms with Crippen molar-refractivity contribution in [3.05, 3.63) is 95.1 Å². The number of benzene rings is 3. The van der Waals surface area contributed by atoms with E-state index in [1.807, 2.05) is 63.2 Å². The van der Waals surface area contributed by atoms with Crippen LogP contribution >= 0.6 is 0 Å². The van der Waals surface area contributed by atoms with Crippen molar-refractivity contribution < 1.29 is 23.0 Å². The van der Waals surface area contributed by atoms with Crippen molar-refractivity contribution in [2.24, 2.45) is 0 Å². The average molecular weight is 545 g/mol. The Bertz CT molecular complexity index is 1540. The van der Waals surface area contributed by atoms with E-state index < -0.39 is 22.8 Å². The molecule has 0 atom stereocenters. The summed E-state index contributed by atoms with van der Waals surface area (Å²) in [4.78, 5) is 25.3. The highest BCUT2D eigenvalue weighted by Gasteiger charge is 2.40. The minimum atomic E-state index is -0.959. The fraction of sp³-hybridized carbons (Fsp3) is 0.323. The van der Waals surface area contributed by atoms with Gasteiger partial charge in [0.25, 0.3) is 0 Å². The monoisotopic (exact) mass is 544 g/mol. The Labute approximate surface area is 231 Å². The summed E-state index contributed by atoms with van der Waals surface area (Å²) in [6.45, 7) is 13.7. The van der Waals surface area contributed by atoms with Crippen LogP contribution in [0, 0.1) is 18.2 Å². The predicted molar refractivity (Wildman–Crippen MR) is 148 cm³/mol. The van der Waals surface area contributed by atoms with Crippen LogP contribution in [0.3, 0.4) is 0 Å². The minimum Gasteiger partial charge on any atom is -0.444 e. The van der Waals surface area contributed by atoms with Gasteiger partial charge in [-0.3, -0.25) is 0 Å². The fourth-order valence-electron chi connectivity index (χ4n) is 4.95. The standard InChI is InChI=1S/C31H30F2N4O3/c1-30(2,3)40-29(38)37-14-12-31(13-15-37,39-19-28-35-26-17-24(32)25(33)18-27(26)36-28)22-10-8-20(9-11-22)21-6-5-7-23(16-21)34-4/h5-11,16-18H,12-15,19H2,1-3H3,(H,35,36). The van der Waals surface area contributed by atoms with Crippen LogP contribution in [-0.4, -0.2) is 39.7 Å². The number of halogens is 2. The molecule has 1 saturated heterocycles. The van der Waals surface area contributed by atoms with Gasteiger partial charge >= 0.3 is 6.09 Å². The summed E-state index contributed by atoms with van der Waals surface area (Å²) >= 11 is 0. The molecule has 1 aromatic heterocycles. The SMILES string of the molecule is [C-]#[N+]c1cccc(-c2ccc(C3(OCc4nc5cc(F)c(F)cc5[nH]4)CCN(C(=O)OC(C)(C)C)CC3)cc2)c1. The Balaban J connectivity index is 1.40. The second-order valence-corrected chi connectivity index (χ2v) is 11.0. The zero-order chi connectivity index (χ0) is 28.5. The number of amides is 1. The molecule has 0 radical (unpaired) electrons. The molecule has 0 saturated carbocycles. The molecule has 1 fully saturated rings. The summed E-state index contributed by atoms with van der Waals surface area (Å²) in [5, 5.41) is 0. The molecule has 1 N–H and O–H groups in total. The van der Waals surface area contributed by atoms with Crippen LogP contribution in [-0.2, 0) is 21.7 Å². The number of aromatic amines is 1. The van der Waals surface area contributed by atoms with Crippen LogP contribution in [0.1, 0.15) is 45.0 Å². The van der Waals surface area contributed by atoms with Crippen LogP contribution in [0.5, 0.6) is 0 Å². The lowest BCUT2D eigenvalue weighted by Crippen LogP contribution is -2.47. The molecular formula is C31H30F2N4O3. The second kappa shape index (κ2) is 10.7. The fourth-order valence-corrected chi connectivity index (χ4v) is 4.95. The molecule has 40 heavy (non-hydrogen) atoms. The maximum Gasteiger partial charge on any atom is 0.410 e. The molecule has 0 spiro atoms. The van der Waals surface area contributed by atoms with Crippen LogP contribution in [0.15, 0.2) is 60.7 Å². The van der Waals surface area contributed by atoms with Gasteiger partial charge in [0.2, 0.25) is 0 Å². The molecule has 1 aliphatic heterocycles. The van der Waals surface area contributed by atoms with Crippen molar-refractivity contribution >= 4 is 22.8 Å². The number of fused-ring (bicyclic) bond motifs is 1. The van der Waals surface area contributed by atoms with Gasteiger partial charge in [-0.25, -0.2) is 23.4 Å². The lowest BCUT2D eigenvalue weighted by Gasteiger charge is -2.42. The smallest absolute Gasteiger partial charge is 0.410 e. The number of piperidine rings is 1. The molecule has 9 heteroatoms. The topological polar surface area (TPSA) is 71.8 Å². The van der Waals surface area contributed by atoms with Gasteiger partial charge in [0, 0.05) is 25.2 Å². The van der Waals surface area contributed by atoms with Crippen LogP contribution in [0.25, 0.3) is 27.0 Å². The van der Waals surface area contributed by atoms with Crippen LogP contribution in [0.2, 0.25) is 0 Å². The number of carbonyl (C=O) groups excluding carboxylic acids is 1. The van der Waals surface area contributed by atoms with Gasteiger partial charge in [0.05, 0.1) is 23.2 Å². The van der Waals surface area contributed by atoms with Crippen LogP contribution < -0.4 is 0 Å². The lowest BCUT2D eigenvalue weighted by molar-refractivity contribution is -0.101. The van der Waals surface area contributed by atoms with Crippen molar-refractivity contribution in [2.75, 3.05) is 13.1 Å². The van der Waals surface area contributed by atoms with E-state index in [1.54, 1.807) is 11.0 Å². The highest BCUT2D eigenvalue weighted by molar-refractivity contribution is 5.75. The molecule has 0 bridgehead atoms. The first-order valence-electron chi connectivity index (χ1n) is 13.1. The quantitative estimate of drug-likeness (QED) is 0.264. The van der Waals surface area contributed by atoms with Crippen molar-refractivity contribution in [2.45, 2.75) is 51.4 Å². The van der Waals surface area contributed by atoms with E-state index in [1.165, 1.54) is 0 Å². The number of nitrogens with one attached hydrogen (secondary N) is 1. The Kier molecular flexibility index (Phi) is 7.30. The van der Waals surface area contributed by atoms with Crippen molar-refractivity contribution in [3.63, 3.8) is 0 Å². The predicted octanol–water partition coefficient (Wildman–Crippen LogP) is 7.50. The molecule has 0 aliphatic carbocycles. The number of likely N-dealkylation sites (tertiary alicyclic amines) is 1. The molecule has 2 heterocycles. The van der Waals surface area contributed by atoms with E-state index in [9.17, 15) is 13.6 Å². The van der Waals surface area contributed by atoms with Gasteiger partial charge in [0.15, 0.2) is 17.3 Å². The highest BCUT2D eigenvalue weighted by atomic mass is 19.2. The first-order valence-corrected chi connectivity index (χ1v) is 13.1. The summed E-state index contributed by atoms with van der Waals surface area (Å²) in [7, 11) is 0. The third-order valence-electron chi connectivity index (χ3n) is 7.00. The highest BCUT2D eigenvalue weighted by Crippen LogP contribution is 2.39. The summed E-state index contributed by atoms with van der Waals surface area (Å²) < 4.78 is 39.5. The summed E-state index contributed by atoms with van der Waals surface area (Å²) in [5.41, 5.74) is 2.80. The Hall–Kier alpha value is -4.29. The van der Waals surface area contributed by atoms with E-state index >= 15 is 0 Å². The molecule has 5 rings (SSSR count). The Morgan fingerprint density at radius 3 is 2.42 bits per heavy atom. The van der Waals surface area contributed by atoms with Crippen molar-refractivity contribution in [3.8, 4) is 11.1 Å². The number of aromatic nitrogens is 2. The molecule has 206 valence electrons. The maximum atomic E-state index is 13.7. The molecule has 3 aromatic carbocycles. The first-order chi connectivity index (χ1) is 19.0. The summed E-state index contributed by atoms with van der Waals surface area (Å²) in [6, 6.07) is 17.6. The number of H-pyrrole nitrogens is 1. The Morgan fingerprint density at radius 2 is 1.75 bits per heavy atom. The largest absolute Gasteiger partial charge is 0.444 e. The average Bonchev–Trinajstić information content (AvgIpc) is 3.33. The zero-order valence-electron chi connectivity index (χ0n) is 22.6. The van der Waals surface area contributed by atoms with Gasteiger partial charge in [-0.1, -0.05) is 42.5 Å². The number of rotatable bonds is 5. The number of ether oxygens (including phenoxy) is 2. The third kappa shape index (κ3) is 5.82. The van der Waals surface area contributed by atoms with Crippen molar-refractivity contribution in [1.82, 2.24) is 14.9 Å². The van der Waals surface area contributed by atoms with E-state index in [0.717, 1.165) is 28.8 Å². The van der Waals surface area contributed by atoms with Gasteiger partial charge in [-0.15, -0.1) is 0 Å². The number of nitrogens with zero attached hydrogens (tertiary/aromatic N) is 3. The zero-order valence-corrected chi connectivity index (χ0v) is 22.6. The molecular weight excluding hydrogens is 514 g/mol. The molecule has 1 aliphatic rings. The maximum absolute atomic E-state index is 13.7. The summed E-state index contributed by atoms with van der Waals surface area (Å²) in [5.74, 6) is -1.46. The third-order valence-corrected chi connectivity index (χ3v) is 7.00. The molecule has 0 unspecified atom stereocenters. The van der Waals surface area contributed by atoms with E-state index in [2.05, 4.69) is 14.8 Å². The van der Waals surface area contributed by atoms with E-state index in [0.29, 0.717) is 48.5 Å². The number of hydrogen-bond donors (Lipinski definition) is 1. The van der Waals surface area contributed by atoms with E-state index in [-0.39, 0.29) is 12.7 Å². The normalized spacial score (nSPS) is 15.2. The first kappa shape index (κ1) is 27.3. The molecule has 7 nitrogen and oxygen atoms in total. The second-order valence-electron chi connectivity index (χ2n) is 11.0. The van der Waals surface area contributed by atoms with E-state index in [4.69, 9.17) is 16.0 Å². The summed E-state index contributed by atoms with van der Waals surface area (Å²) in [6.07, 6.45) is 0.669. The number of imidazole rings is 1. The minimum absolute atomic E-state index is 0.0825. The van der Waals surface area contributed by atoms with Gasteiger partial charge in [-0.2, -0.15) is 0 Å². The van der Waals surface area contributed by atoms with Gasteiger partial charge < -0.3 is 19.4 Å².